The molecule has 0 aliphatic carbocycles. The van der Waals surface area contributed by atoms with Crippen LogP contribution in [0.4, 0.5) is 14.5 Å². The Morgan fingerprint density at radius 1 is 1.20 bits per heavy atom. The predicted molar refractivity (Wildman–Crippen MR) is 76.9 cm³/mol. The standard InChI is InChI=1S/C15H13F2NOS/c1-10-4-2-3-5-14(10)20-9-15(19)18-13-8-11(16)6-7-12(13)17/h2-8H,9H2,1H3,(H,18,19). The van der Waals surface area contributed by atoms with Crippen LogP contribution in [0.3, 0.4) is 0 Å². The van der Waals surface area contributed by atoms with Gasteiger partial charge in [-0.2, -0.15) is 0 Å². The molecule has 0 saturated carbocycles. The van der Waals surface area contributed by atoms with Gasteiger partial charge in [0.25, 0.3) is 0 Å². The molecule has 1 N–H and O–H groups in total. The molecule has 0 aliphatic rings. The van der Waals surface area contributed by atoms with Gasteiger partial charge >= 0.3 is 0 Å². The minimum atomic E-state index is -0.652. The number of carbonyl (C=O) groups excluding carboxylic acids is 1. The fraction of sp³-hybridized carbons (Fsp3) is 0.133. The third-order valence-electron chi connectivity index (χ3n) is 2.65. The first-order chi connectivity index (χ1) is 9.56. The van der Waals surface area contributed by atoms with Crippen molar-refractivity contribution in [2.45, 2.75) is 11.8 Å². The molecule has 0 unspecified atom stereocenters. The number of thioether (sulfide) groups is 1. The number of hydrogen-bond donors (Lipinski definition) is 1. The molecule has 0 bridgehead atoms. The summed E-state index contributed by atoms with van der Waals surface area (Å²) in [5, 5.41) is 2.37. The largest absolute Gasteiger partial charge is 0.323 e. The van der Waals surface area contributed by atoms with E-state index in [0.29, 0.717) is 0 Å². The summed E-state index contributed by atoms with van der Waals surface area (Å²) in [6, 6.07) is 10.6. The van der Waals surface area contributed by atoms with Crippen molar-refractivity contribution < 1.29 is 13.6 Å². The maximum atomic E-state index is 13.4. The Bertz CT molecular complexity index is 631. The molecule has 0 spiro atoms. The van der Waals surface area contributed by atoms with Crippen LogP contribution in [-0.4, -0.2) is 11.7 Å². The quantitative estimate of drug-likeness (QED) is 0.863. The molecule has 2 aromatic rings. The highest BCUT2D eigenvalue weighted by Crippen LogP contribution is 2.22. The lowest BCUT2D eigenvalue weighted by Gasteiger charge is -2.07. The average molecular weight is 293 g/mol. The normalized spacial score (nSPS) is 10.3. The molecule has 0 heterocycles. The van der Waals surface area contributed by atoms with Crippen molar-refractivity contribution in [3.8, 4) is 0 Å². The number of rotatable bonds is 4. The zero-order chi connectivity index (χ0) is 14.5. The van der Waals surface area contributed by atoms with Gasteiger partial charge in [-0.05, 0) is 30.7 Å². The number of benzene rings is 2. The van der Waals surface area contributed by atoms with E-state index in [9.17, 15) is 13.6 Å². The molecule has 1 amide bonds. The van der Waals surface area contributed by atoms with Gasteiger partial charge in [-0.3, -0.25) is 4.79 Å². The summed E-state index contributed by atoms with van der Waals surface area (Å²) < 4.78 is 26.3. The Labute approximate surface area is 120 Å². The van der Waals surface area contributed by atoms with Crippen LogP contribution in [0.2, 0.25) is 0 Å². The lowest BCUT2D eigenvalue weighted by molar-refractivity contribution is -0.113. The minimum absolute atomic E-state index is 0.139. The molecular formula is C15H13F2NOS. The highest BCUT2D eigenvalue weighted by molar-refractivity contribution is 8.00. The van der Waals surface area contributed by atoms with Gasteiger partial charge in [-0.25, -0.2) is 8.78 Å². The van der Waals surface area contributed by atoms with Crippen LogP contribution in [-0.2, 0) is 4.79 Å². The van der Waals surface area contributed by atoms with Crippen molar-refractivity contribution in [1.29, 1.82) is 0 Å². The molecule has 2 nitrogen and oxygen atoms in total. The molecule has 5 heteroatoms. The monoisotopic (exact) mass is 293 g/mol. The summed E-state index contributed by atoms with van der Waals surface area (Å²) in [4.78, 5) is 12.7. The van der Waals surface area contributed by atoms with Crippen molar-refractivity contribution in [3.05, 3.63) is 59.7 Å². The number of anilines is 1. The van der Waals surface area contributed by atoms with Gasteiger partial charge in [0, 0.05) is 11.0 Å². The van der Waals surface area contributed by atoms with Crippen LogP contribution in [0.5, 0.6) is 0 Å². The molecule has 20 heavy (non-hydrogen) atoms. The van der Waals surface area contributed by atoms with Crippen molar-refractivity contribution in [1.82, 2.24) is 0 Å². The summed E-state index contributed by atoms with van der Waals surface area (Å²) in [7, 11) is 0. The topological polar surface area (TPSA) is 29.1 Å². The van der Waals surface area contributed by atoms with E-state index in [-0.39, 0.29) is 17.3 Å². The second kappa shape index (κ2) is 6.52. The Morgan fingerprint density at radius 3 is 2.70 bits per heavy atom. The van der Waals surface area contributed by atoms with E-state index >= 15 is 0 Å². The van der Waals surface area contributed by atoms with Gasteiger partial charge in [0.2, 0.25) is 5.91 Å². The summed E-state index contributed by atoms with van der Waals surface area (Å²) >= 11 is 1.36. The lowest BCUT2D eigenvalue weighted by Crippen LogP contribution is -2.15. The fourth-order valence-corrected chi connectivity index (χ4v) is 2.47. The fourth-order valence-electron chi connectivity index (χ4n) is 1.64. The summed E-state index contributed by atoms with van der Waals surface area (Å²) in [6.07, 6.45) is 0. The van der Waals surface area contributed by atoms with Gasteiger partial charge < -0.3 is 5.32 Å². The molecule has 0 aromatic heterocycles. The molecule has 0 fully saturated rings. The first-order valence-corrected chi connectivity index (χ1v) is 6.98. The number of carbonyl (C=O) groups is 1. The number of nitrogens with one attached hydrogen (secondary N) is 1. The summed E-state index contributed by atoms with van der Waals surface area (Å²) in [5.41, 5.74) is 0.933. The van der Waals surface area contributed by atoms with Crippen LogP contribution in [0.25, 0.3) is 0 Å². The van der Waals surface area contributed by atoms with Crippen molar-refractivity contribution in [2.75, 3.05) is 11.1 Å². The van der Waals surface area contributed by atoms with Crippen LogP contribution in [0.1, 0.15) is 5.56 Å². The first kappa shape index (κ1) is 14.5. The van der Waals surface area contributed by atoms with E-state index in [1.54, 1.807) is 0 Å². The van der Waals surface area contributed by atoms with Crippen LogP contribution in [0.15, 0.2) is 47.4 Å². The number of halogens is 2. The molecule has 0 aliphatic heterocycles. The Kier molecular flexibility index (Phi) is 4.74. The predicted octanol–water partition coefficient (Wildman–Crippen LogP) is 4.00. The molecule has 2 aromatic carbocycles. The van der Waals surface area contributed by atoms with Crippen molar-refractivity contribution in [3.63, 3.8) is 0 Å². The molecule has 0 radical (unpaired) electrons. The van der Waals surface area contributed by atoms with Gasteiger partial charge in [0.05, 0.1) is 11.4 Å². The molecule has 2 rings (SSSR count). The maximum absolute atomic E-state index is 13.4. The molecule has 0 saturated heterocycles. The number of aryl methyl sites for hydroxylation is 1. The Morgan fingerprint density at radius 2 is 1.95 bits per heavy atom. The number of hydrogen-bond acceptors (Lipinski definition) is 2. The van der Waals surface area contributed by atoms with Crippen LogP contribution >= 0.6 is 11.8 Å². The lowest BCUT2D eigenvalue weighted by atomic mass is 10.2. The van der Waals surface area contributed by atoms with E-state index in [1.807, 2.05) is 31.2 Å². The minimum Gasteiger partial charge on any atom is -0.323 e. The van der Waals surface area contributed by atoms with Gasteiger partial charge in [0.1, 0.15) is 11.6 Å². The van der Waals surface area contributed by atoms with Crippen LogP contribution in [0, 0.1) is 18.6 Å². The maximum Gasteiger partial charge on any atom is 0.234 e. The van der Waals surface area contributed by atoms with Gasteiger partial charge in [-0.15, -0.1) is 11.8 Å². The third-order valence-corrected chi connectivity index (χ3v) is 3.83. The third kappa shape index (κ3) is 3.81. The molecule has 0 atom stereocenters. The second-order valence-corrected chi connectivity index (χ2v) is 5.24. The SMILES string of the molecule is Cc1ccccc1SCC(=O)Nc1cc(F)ccc1F. The van der Waals surface area contributed by atoms with Gasteiger partial charge in [0.15, 0.2) is 0 Å². The van der Waals surface area contributed by atoms with E-state index in [0.717, 1.165) is 28.7 Å². The van der Waals surface area contributed by atoms with Gasteiger partial charge in [-0.1, -0.05) is 18.2 Å². The first-order valence-electron chi connectivity index (χ1n) is 5.99. The summed E-state index contributed by atoms with van der Waals surface area (Å²) in [6.45, 7) is 1.95. The Hall–Kier alpha value is -1.88. The van der Waals surface area contributed by atoms with E-state index in [4.69, 9.17) is 0 Å². The van der Waals surface area contributed by atoms with Crippen molar-refractivity contribution >= 4 is 23.4 Å². The van der Waals surface area contributed by atoms with Crippen LogP contribution < -0.4 is 5.32 Å². The van der Waals surface area contributed by atoms with E-state index in [2.05, 4.69) is 5.32 Å². The molecule has 104 valence electrons. The average Bonchev–Trinajstić information content (AvgIpc) is 2.42. The second-order valence-electron chi connectivity index (χ2n) is 4.23. The smallest absolute Gasteiger partial charge is 0.234 e. The highest BCUT2D eigenvalue weighted by Gasteiger charge is 2.09. The van der Waals surface area contributed by atoms with Crippen molar-refractivity contribution in [2.24, 2.45) is 0 Å². The highest BCUT2D eigenvalue weighted by atomic mass is 32.2. The van der Waals surface area contributed by atoms with E-state index < -0.39 is 11.6 Å². The zero-order valence-electron chi connectivity index (χ0n) is 10.8. The molecular weight excluding hydrogens is 280 g/mol. The Balaban J connectivity index is 1.96. The summed E-state index contributed by atoms with van der Waals surface area (Å²) in [5.74, 6) is -1.47. The van der Waals surface area contributed by atoms with E-state index in [1.165, 1.54) is 11.8 Å². The zero-order valence-corrected chi connectivity index (χ0v) is 11.6. The number of amides is 1.